The van der Waals surface area contributed by atoms with Gasteiger partial charge < -0.3 is 9.88 Å². The molecule has 0 unspecified atom stereocenters. The highest BCUT2D eigenvalue weighted by Gasteiger charge is 2.26. The van der Waals surface area contributed by atoms with E-state index in [2.05, 4.69) is 4.98 Å². The van der Waals surface area contributed by atoms with E-state index in [9.17, 15) is 14.4 Å². The minimum atomic E-state index is -0.0944. The van der Waals surface area contributed by atoms with Crippen LogP contribution in [-0.2, 0) is 4.79 Å². The summed E-state index contributed by atoms with van der Waals surface area (Å²) in [5.74, 6) is 0.0631. The van der Waals surface area contributed by atoms with Crippen LogP contribution in [0.15, 0.2) is 35.1 Å². The zero-order valence-electron chi connectivity index (χ0n) is 16.7. The van der Waals surface area contributed by atoms with Crippen molar-refractivity contribution in [2.75, 3.05) is 13.1 Å². The number of hydrogen-bond donors (Lipinski definition) is 1. The van der Waals surface area contributed by atoms with Gasteiger partial charge in [-0.2, -0.15) is 0 Å². The van der Waals surface area contributed by atoms with Gasteiger partial charge in [-0.3, -0.25) is 14.2 Å². The van der Waals surface area contributed by atoms with Crippen molar-refractivity contribution >= 4 is 34.1 Å². The summed E-state index contributed by atoms with van der Waals surface area (Å²) in [6.07, 6.45) is 1.97. The Balaban J connectivity index is 1.35. The second-order valence-corrected chi connectivity index (χ2v) is 9.14. The minimum absolute atomic E-state index is 0.0210. The lowest BCUT2D eigenvalue weighted by atomic mass is 10.0. The Morgan fingerprint density at radius 3 is 2.55 bits per heavy atom. The van der Waals surface area contributed by atoms with E-state index in [1.54, 1.807) is 11.3 Å². The summed E-state index contributed by atoms with van der Waals surface area (Å²) in [6.45, 7) is 5.16. The van der Waals surface area contributed by atoms with Gasteiger partial charge in [0.25, 0.3) is 0 Å². The lowest BCUT2D eigenvalue weighted by Gasteiger charge is -2.32. The summed E-state index contributed by atoms with van der Waals surface area (Å²) in [7, 11) is 0. The van der Waals surface area contributed by atoms with Gasteiger partial charge >= 0.3 is 5.69 Å². The van der Waals surface area contributed by atoms with Crippen LogP contribution in [0, 0.1) is 13.8 Å². The molecule has 1 aliphatic heterocycles. The van der Waals surface area contributed by atoms with Crippen LogP contribution in [0.3, 0.4) is 0 Å². The third-order valence-corrected chi connectivity index (χ3v) is 6.68. The molecule has 3 aromatic rings. The Labute approximate surface area is 173 Å². The smallest absolute Gasteiger partial charge is 0.326 e. The Kier molecular flexibility index (Phi) is 5.41. The van der Waals surface area contributed by atoms with E-state index in [0.717, 1.165) is 39.2 Å². The number of likely N-dealkylation sites (tertiary alicyclic amines) is 1. The molecule has 0 bridgehead atoms. The number of Topliss-reactive ketones (excluding diaryl/α,β-unsaturated/α-hetero) is 1. The van der Waals surface area contributed by atoms with Crippen molar-refractivity contribution < 1.29 is 9.59 Å². The summed E-state index contributed by atoms with van der Waals surface area (Å²) in [5, 5.41) is 0. The number of hydrogen-bond acceptors (Lipinski definition) is 4. The zero-order valence-corrected chi connectivity index (χ0v) is 17.6. The van der Waals surface area contributed by atoms with Crippen molar-refractivity contribution in [2.24, 2.45) is 0 Å². The van der Waals surface area contributed by atoms with Gasteiger partial charge in [0.2, 0.25) is 5.91 Å². The topological polar surface area (TPSA) is 75.2 Å². The van der Waals surface area contributed by atoms with Gasteiger partial charge in [0.1, 0.15) is 0 Å². The molecule has 29 heavy (non-hydrogen) atoms. The van der Waals surface area contributed by atoms with Crippen LogP contribution in [-0.4, -0.2) is 39.2 Å². The number of benzene rings is 1. The quantitative estimate of drug-likeness (QED) is 0.648. The summed E-state index contributed by atoms with van der Waals surface area (Å²) in [4.78, 5) is 44.3. The van der Waals surface area contributed by atoms with Crippen LogP contribution >= 0.6 is 11.3 Å². The third kappa shape index (κ3) is 3.92. The molecule has 6 nitrogen and oxygen atoms in total. The molecule has 7 heteroatoms. The molecule has 0 spiro atoms. The van der Waals surface area contributed by atoms with Crippen molar-refractivity contribution in [3.63, 3.8) is 0 Å². The van der Waals surface area contributed by atoms with E-state index in [1.807, 2.05) is 53.6 Å². The number of ketones is 1. The molecule has 1 fully saturated rings. The molecule has 0 saturated carbocycles. The summed E-state index contributed by atoms with van der Waals surface area (Å²) in [5.41, 5.74) is 2.41. The summed E-state index contributed by atoms with van der Waals surface area (Å²) >= 11 is 1.61. The number of nitrogens with zero attached hydrogens (tertiary/aromatic N) is 2. The van der Waals surface area contributed by atoms with E-state index in [-0.39, 0.29) is 36.3 Å². The van der Waals surface area contributed by atoms with Gasteiger partial charge in [-0.1, -0.05) is 12.1 Å². The first kappa shape index (κ1) is 19.6. The second kappa shape index (κ2) is 7.99. The first-order chi connectivity index (χ1) is 13.9. The molecule has 4 rings (SSSR count). The Morgan fingerprint density at radius 1 is 1.14 bits per heavy atom. The molecule has 1 saturated heterocycles. The van der Waals surface area contributed by atoms with E-state index in [1.165, 1.54) is 0 Å². The highest BCUT2D eigenvalue weighted by atomic mass is 32.1. The molecule has 1 amide bonds. The maximum atomic E-state index is 12.6. The number of imidazole rings is 1. The Bertz CT molecular complexity index is 1120. The highest BCUT2D eigenvalue weighted by molar-refractivity contribution is 7.12. The maximum absolute atomic E-state index is 12.6. The number of carbonyl (C=O) groups is 2. The van der Waals surface area contributed by atoms with Crippen LogP contribution in [0.25, 0.3) is 11.0 Å². The molecule has 1 aromatic carbocycles. The number of para-hydroxylation sites is 2. The lowest BCUT2D eigenvalue weighted by Crippen LogP contribution is -2.40. The highest BCUT2D eigenvalue weighted by Crippen LogP contribution is 2.26. The standard InChI is InChI=1S/C22H25N3O3S/c1-14-13-17(15(2)29-14)20(26)7-8-21(27)24-11-9-16(10-12-24)25-19-6-4-3-5-18(19)23-22(25)28/h3-6,13,16H,7-12H2,1-2H3,(H,23,28). The number of carbonyl (C=O) groups excluding carboxylic acids is 2. The molecular formula is C22H25N3O3S. The molecular weight excluding hydrogens is 386 g/mol. The molecule has 1 N–H and O–H groups in total. The minimum Gasteiger partial charge on any atom is -0.343 e. The van der Waals surface area contributed by atoms with Gasteiger partial charge in [-0.25, -0.2) is 4.79 Å². The summed E-state index contributed by atoms with van der Waals surface area (Å²) < 4.78 is 1.82. The average molecular weight is 412 g/mol. The number of fused-ring (bicyclic) bond motifs is 1. The lowest BCUT2D eigenvalue weighted by molar-refractivity contribution is -0.132. The molecule has 152 valence electrons. The zero-order chi connectivity index (χ0) is 20.5. The number of nitrogens with one attached hydrogen (secondary N) is 1. The van der Waals surface area contributed by atoms with Crippen molar-refractivity contribution in [1.82, 2.24) is 14.5 Å². The average Bonchev–Trinajstić information content (AvgIpc) is 3.23. The predicted molar refractivity (Wildman–Crippen MR) is 115 cm³/mol. The monoisotopic (exact) mass is 411 g/mol. The first-order valence-corrected chi connectivity index (χ1v) is 10.8. The predicted octanol–water partition coefficient (Wildman–Crippen LogP) is 3.83. The van der Waals surface area contributed by atoms with Crippen LogP contribution in [0.4, 0.5) is 0 Å². The van der Waals surface area contributed by atoms with Crippen molar-refractivity contribution in [3.8, 4) is 0 Å². The van der Waals surface area contributed by atoms with Crippen molar-refractivity contribution in [3.05, 3.63) is 56.1 Å². The molecule has 0 aliphatic carbocycles. The Hall–Kier alpha value is -2.67. The van der Waals surface area contributed by atoms with Crippen molar-refractivity contribution in [2.45, 2.75) is 45.6 Å². The van der Waals surface area contributed by atoms with Crippen LogP contribution in [0.2, 0.25) is 0 Å². The maximum Gasteiger partial charge on any atom is 0.326 e. The SMILES string of the molecule is Cc1cc(C(=O)CCC(=O)N2CCC(n3c(=O)[nH]c4ccccc43)CC2)c(C)s1. The normalized spacial score (nSPS) is 15.2. The van der Waals surface area contributed by atoms with Crippen LogP contribution < -0.4 is 5.69 Å². The second-order valence-electron chi connectivity index (χ2n) is 7.68. The van der Waals surface area contributed by atoms with Gasteiger partial charge in [-0.05, 0) is 44.9 Å². The largest absolute Gasteiger partial charge is 0.343 e. The molecule has 2 aromatic heterocycles. The van der Waals surface area contributed by atoms with E-state index < -0.39 is 0 Å². The number of rotatable bonds is 5. The number of thiophene rings is 1. The summed E-state index contributed by atoms with van der Waals surface area (Å²) in [6, 6.07) is 9.69. The number of aryl methyl sites for hydroxylation is 2. The first-order valence-electron chi connectivity index (χ1n) is 10.0. The fourth-order valence-electron chi connectivity index (χ4n) is 4.23. The molecule has 1 aliphatic rings. The molecule has 0 radical (unpaired) electrons. The Morgan fingerprint density at radius 2 is 1.86 bits per heavy atom. The molecule has 3 heterocycles. The van der Waals surface area contributed by atoms with Gasteiger partial charge in [0, 0.05) is 47.3 Å². The van der Waals surface area contributed by atoms with Gasteiger partial charge in [0.15, 0.2) is 5.78 Å². The number of piperidine rings is 1. The fraction of sp³-hybridized carbons (Fsp3) is 0.409. The number of aromatic nitrogens is 2. The van der Waals surface area contributed by atoms with Crippen molar-refractivity contribution in [1.29, 1.82) is 0 Å². The van der Waals surface area contributed by atoms with E-state index >= 15 is 0 Å². The van der Waals surface area contributed by atoms with Crippen LogP contribution in [0.5, 0.6) is 0 Å². The van der Waals surface area contributed by atoms with Crippen LogP contribution in [0.1, 0.15) is 51.8 Å². The molecule has 0 atom stereocenters. The van der Waals surface area contributed by atoms with Gasteiger partial charge in [0.05, 0.1) is 11.0 Å². The van der Waals surface area contributed by atoms with E-state index in [4.69, 9.17) is 0 Å². The number of amides is 1. The number of H-pyrrole nitrogens is 1. The third-order valence-electron chi connectivity index (χ3n) is 5.71. The van der Waals surface area contributed by atoms with E-state index in [0.29, 0.717) is 13.1 Å². The van der Waals surface area contributed by atoms with Gasteiger partial charge in [-0.15, -0.1) is 11.3 Å². The number of aromatic amines is 1. The fourth-order valence-corrected chi connectivity index (χ4v) is 5.17.